The number of carbonyl (C=O) groups excluding carboxylic acids is 3. The number of carbonyl (C=O) groups is 3. The number of thioether (sulfide) groups is 1. The lowest BCUT2D eigenvalue weighted by molar-refractivity contribution is -0.510. The van der Waals surface area contributed by atoms with Gasteiger partial charge in [0.05, 0.1) is 17.9 Å². The van der Waals surface area contributed by atoms with Crippen LogP contribution in [-0.4, -0.2) is 50.2 Å². The SMILES string of the molecule is CC(C)(C)OC(=O)N[C@@H]1C(=O)N2C(C(=O)[O-])=C(Cn3cc[n+]4ccccc34)CS[C@H]12. The maximum Gasteiger partial charge on any atom is 0.408 e. The number of nitrogens with zero attached hydrogens (tertiary/aromatic N) is 3. The highest BCUT2D eigenvalue weighted by Crippen LogP contribution is 2.40. The summed E-state index contributed by atoms with van der Waals surface area (Å²) in [5.74, 6) is -1.48. The molecule has 0 bridgehead atoms. The molecule has 10 heteroatoms. The van der Waals surface area contributed by atoms with Crippen molar-refractivity contribution in [3.8, 4) is 0 Å². The molecule has 0 aromatic carbocycles. The van der Waals surface area contributed by atoms with Gasteiger partial charge in [-0.15, -0.1) is 11.8 Å². The molecule has 2 aliphatic heterocycles. The van der Waals surface area contributed by atoms with Crippen LogP contribution < -0.4 is 14.8 Å². The third-order valence-electron chi connectivity index (χ3n) is 4.84. The summed E-state index contributed by atoms with van der Waals surface area (Å²) in [6, 6.07) is 4.90. The number of aromatic nitrogens is 2. The number of imidazole rings is 1. The van der Waals surface area contributed by atoms with E-state index in [0.717, 1.165) is 5.65 Å². The first-order valence-electron chi connectivity index (χ1n) is 9.48. The summed E-state index contributed by atoms with van der Waals surface area (Å²) in [6.45, 7) is 5.49. The first kappa shape index (κ1) is 20.3. The second-order valence-corrected chi connectivity index (χ2v) is 9.27. The Labute approximate surface area is 177 Å². The molecule has 4 rings (SSSR count). The zero-order valence-electron chi connectivity index (χ0n) is 16.8. The zero-order chi connectivity index (χ0) is 21.6. The van der Waals surface area contributed by atoms with Gasteiger partial charge < -0.3 is 20.0 Å². The van der Waals surface area contributed by atoms with Crippen LogP contribution in [-0.2, 0) is 20.9 Å². The smallest absolute Gasteiger partial charge is 0.408 e. The third kappa shape index (κ3) is 3.62. The van der Waals surface area contributed by atoms with Gasteiger partial charge in [0.2, 0.25) is 0 Å². The number of aliphatic carboxylic acids is 1. The van der Waals surface area contributed by atoms with Gasteiger partial charge in [-0.05, 0) is 26.8 Å². The molecule has 0 radical (unpaired) electrons. The summed E-state index contributed by atoms with van der Waals surface area (Å²) in [5, 5.41) is 14.0. The van der Waals surface area contributed by atoms with Crippen molar-refractivity contribution in [2.45, 2.75) is 44.3 Å². The van der Waals surface area contributed by atoms with Crippen molar-refractivity contribution in [1.82, 2.24) is 14.8 Å². The number of rotatable bonds is 4. The van der Waals surface area contributed by atoms with Crippen LogP contribution in [0.15, 0.2) is 48.1 Å². The fraction of sp³-hybridized carbons (Fsp3) is 0.400. The lowest BCUT2D eigenvalue weighted by Gasteiger charge is -2.50. The number of hydrogen-bond acceptors (Lipinski definition) is 6. The van der Waals surface area contributed by atoms with Crippen LogP contribution in [0, 0.1) is 0 Å². The van der Waals surface area contributed by atoms with Gasteiger partial charge in [0.25, 0.3) is 11.6 Å². The minimum Gasteiger partial charge on any atom is -0.543 e. The molecule has 2 aromatic rings. The number of amides is 2. The summed E-state index contributed by atoms with van der Waals surface area (Å²) >= 11 is 1.41. The van der Waals surface area contributed by atoms with Crippen molar-refractivity contribution in [3.05, 3.63) is 48.1 Å². The molecular formula is C20H22N4O5S. The summed E-state index contributed by atoms with van der Waals surface area (Å²) < 4.78 is 9.04. The van der Waals surface area contributed by atoms with Gasteiger partial charge in [0.1, 0.15) is 36.0 Å². The van der Waals surface area contributed by atoms with E-state index < -0.39 is 35.0 Å². The van der Waals surface area contributed by atoms with Gasteiger partial charge in [-0.1, -0.05) is 6.07 Å². The Kier molecular flexibility index (Phi) is 4.97. The van der Waals surface area contributed by atoms with Crippen molar-refractivity contribution in [3.63, 3.8) is 0 Å². The number of carboxylic acid groups (broad SMARTS) is 1. The normalized spacial score (nSPS) is 21.3. The summed E-state index contributed by atoms with van der Waals surface area (Å²) in [6.07, 6.45) is 4.93. The highest BCUT2D eigenvalue weighted by atomic mass is 32.2. The van der Waals surface area contributed by atoms with Crippen LogP contribution >= 0.6 is 11.8 Å². The van der Waals surface area contributed by atoms with Gasteiger partial charge >= 0.3 is 6.09 Å². The lowest BCUT2D eigenvalue weighted by atomic mass is 10.0. The second kappa shape index (κ2) is 7.35. The summed E-state index contributed by atoms with van der Waals surface area (Å²) in [5.41, 5.74) is 0.669. The van der Waals surface area contributed by atoms with Gasteiger partial charge in [-0.25, -0.2) is 13.8 Å². The topological polar surface area (TPSA) is 108 Å². The maximum absolute atomic E-state index is 12.7. The van der Waals surface area contributed by atoms with Gasteiger partial charge in [0, 0.05) is 17.4 Å². The van der Waals surface area contributed by atoms with Crippen molar-refractivity contribution in [1.29, 1.82) is 0 Å². The minimum atomic E-state index is -1.40. The monoisotopic (exact) mass is 430 g/mol. The number of hydrogen-bond donors (Lipinski definition) is 1. The Morgan fingerprint density at radius 2 is 2.10 bits per heavy atom. The Balaban J connectivity index is 1.56. The molecule has 2 amide bonds. The third-order valence-corrected chi connectivity index (χ3v) is 6.18. The largest absolute Gasteiger partial charge is 0.543 e. The molecule has 1 fully saturated rings. The Bertz CT molecular complexity index is 1070. The Morgan fingerprint density at radius 3 is 2.80 bits per heavy atom. The molecule has 2 atom stereocenters. The number of ether oxygens (including phenoxy) is 1. The van der Waals surface area contributed by atoms with E-state index in [1.165, 1.54) is 16.7 Å². The Morgan fingerprint density at radius 1 is 1.33 bits per heavy atom. The van der Waals surface area contributed by atoms with Crippen molar-refractivity contribution < 1.29 is 28.6 Å². The molecule has 4 heterocycles. The number of β-lactam (4-membered cyclic amide) rings is 1. The molecule has 0 aliphatic carbocycles. The standard InChI is InChI=1S/C20H22N4O5S/c1-20(2,3)29-19(28)21-14-16(25)24-15(18(26)27)12(11-30-17(14)24)10-23-9-8-22-7-5-4-6-13(22)23/h4-9,14,17H,10-11H2,1-3H3,(H-,21,26,27,28)/t14-,17-/m1/s1. The fourth-order valence-corrected chi connectivity index (χ4v) is 4.95. The molecule has 1 N–H and O–H groups in total. The fourth-order valence-electron chi connectivity index (χ4n) is 3.61. The van der Waals surface area contributed by atoms with Crippen LogP contribution in [0.25, 0.3) is 5.65 Å². The summed E-state index contributed by atoms with van der Waals surface area (Å²) in [4.78, 5) is 37.8. The highest BCUT2D eigenvalue weighted by molar-refractivity contribution is 8.00. The zero-order valence-corrected chi connectivity index (χ0v) is 17.6. The van der Waals surface area contributed by atoms with Crippen molar-refractivity contribution in [2.24, 2.45) is 0 Å². The number of nitrogens with one attached hydrogen (secondary N) is 1. The predicted octanol–water partition coefficient (Wildman–Crippen LogP) is 0.0392. The van der Waals surface area contributed by atoms with E-state index >= 15 is 0 Å². The average molecular weight is 430 g/mol. The molecule has 2 aliphatic rings. The van der Waals surface area contributed by atoms with Crippen LogP contribution in [0.1, 0.15) is 20.8 Å². The van der Waals surface area contributed by atoms with E-state index in [4.69, 9.17) is 4.74 Å². The average Bonchev–Trinajstić information content (AvgIpc) is 3.07. The first-order valence-corrected chi connectivity index (χ1v) is 10.5. The molecular weight excluding hydrogens is 408 g/mol. The molecule has 9 nitrogen and oxygen atoms in total. The van der Waals surface area contributed by atoms with Crippen LogP contribution in [0.2, 0.25) is 0 Å². The molecule has 0 saturated carbocycles. The molecule has 0 spiro atoms. The van der Waals surface area contributed by atoms with Crippen LogP contribution in [0.3, 0.4) is 0 Å². The van der Waals surface area contributed by atoms with E-state index in [9.17, 15) is 19.5 Å². The number of carboxylic acids is 1. The lowest BCUT2D eigenvalue weighted by Crippen LogP contribution is -2.71. The van der Waals surface area contributed by atoms with Gasteiger partial charge in [-0.2, -0.15) is 0 Å². The number of pyridine rings is 1. The van der Waals surface area contributed by atoms with Crippen molar-refractivity contribution in [2.75, 3.05) is 5.75 Å². The quantitative estimate of drug-likeness (QED) is 0.542. The van der Waals surface area contributed by atoms with E-state index in [1.807, 2.05) is 45.8 Å². The van der Waals surface area contributed by atoms with Gasteiger partial charge in [0.15, 0.2) is 0 Å². The van der Waals surface area contributed by atoms with Crippen molar-refractivity contribution >= 4 is 35.4 Å². The maximum atomic E-state index is 12.7. The molecule has 1 saturated heterocycles. The summed E-state index contributed by atoms with van der Waals surface area (Å²) in [7, 11) is 0. The van der Waals surface area contributed by atoms with Gasteiger partial charge in [-0.3, -0.25) is 9.69 Å². The van der Waals surface area contributed by atoms with Crippen LogP contribution in [0.5, 0.6) is 0 Å². The molecule has 30 heavy (non-hydrogen) atoms. The highest BCUT2D eigenvalue weighted by Gasteiger charge is 2.53. The molecule has 158 valence electrons. The predicted molar refractivity (Wildman–Crippen MR) is 106 cm³/mol. The van der Waals surface area contributed by atoms with E-state index in [0.29, 0.717) is 17.9 Å². The number of alkyl carbamates (subject to hydrolysis) is 1. The number of fused-ring (bicyclic) bond motifs is 2. The van der Waals surface area contributed by atoms with E-state index in [-0.39, 0.29) is 5.70 Å². The second-order valence-electron chi connectivity index (χ2n) is 8.17. The van der Waals surface area contributed by atoms with Crippen LogP contribution in [0.4, 0.5) is 4.79 Å². The molecule has 2 aromatic heterocycles. The first-order chi connectivity index (χ1) is 14.2. The minimum absolute atomic E-state index is 0.117. The molecule has 0 unspecified atom stereocenters. The van der Waals surface area contributed by atoms with E-state index in [2.05, 4.69) is 5.32 Å². The van der Waals surface area contributed by atoms with E-state index in [1.54, 1.807) is 20.8 Å². The Hall–Kier alpha value is -3.01.